The normalized spacial score (nSPS) is 12.6. The van der Waals surface area contributed by atoms with Crippen LogP contribution in [0.2, 0.25) is 10.0 Å². The predicted octanol–water partition coefficient (Wildman–Crippen LogP) is 5.11. The van der Waals surface area contributed by atoms with Crippen LogP contribution < -0.4 is 0 Å². The summed E-state index contributed by atoms with van der Waals surface area (Å²) in [7, 11) is 0. The third kappa shape index (κ3) is 3.48. The summed E-state index contributed by atoms with van der Waals surface area (Å²) in [4.78, 5) is 1.35. The van der Waals surface area contributed by atoms with E-state index in [4.69, 9.17) is 23.2 Å². The number of hydrogen-bond acceptors (Lipinski definition) is 2. The molecule has 0 aliphatic heterocycles. The summed E-state index contributed by atoms with van der Waals surface area (Å²) in [5.74, 6) is 0. The van der Waals surface area contributed by atoms with Gasteiger partial charge in [-0.2, -0.15) is 0 Å². The number of aryl methyl sites for hydroxylation is 1. The van der Waals surface area contributed by atoms with Gasteiger partial charge in [0.25, 0.3) is 0 Å². The van der Waals surface area contributed by atoms with Gasteiger partial charge in [0.15, 0.2) is 0 Å². The van der Waals surface area contributed by atoms with Crippen LogP contribution in [0.5, 0.6) is 0 Å². The molecule has 2 aromatic rings. The van der Waals surface area contributed by atoms with Gasteiger partial charge in [-0.1, -0.05) is 41.4 Å². The van der Waals surface area contributed by atoms with Gasteiger partial charge in [0.1, 0.15) is 0 Å². The number of benzene rings is 1. The third-order valence-corrected chi connectivity index (χ3v) is 4.59. The number of hydrogen-bond donors (Lipinski definition) is 1. The lowest BCUT2D eigenvalue weighted by Crippen LogP contribution is -1.99. The highest BCUT2D eigenvalue weighted by molar-refractivity contribution is 7.09. The summed E-state index contributed by atoms with van der Waals surface area (Å²) < 4.78 is 0. The Labute approximate surface area is 121 Å². The van der Waals surface area contributed by atoms with E-state index in [9.17, 15) is 5.11 Å². The maximum Gasteiger partial charge on any atom is 0.0805 e. The lowest BCUT2D eigenvalue weighted by Gasteiger charge is -2.13. The van der Waals surface area contributed by atoms with Gasteiger partial charge >= 0.3 is 0 Å². The fraction of sp³-hybridized carbons (Fsp3) is 0.286. The van der Waals surface area contributed by atoms with Crippen molar-refractivity contribution in [2.24, 2.45) is 0 Å². The Morgan fingerprint density at radius 1 is 1.17 bits per heavy atom. The lowest BCUT2D eigenvalue weighted by atomic mass is 10.0. The zero-order chi connectivity index (χ0) is 13.0. The Morgan fingerprint density at radius 2 is 2.00 bits per heavy atom. The molecule has 0 fully saturated rings. The molecular formula is C14H14Cl2OS. The second-order valence-electron chi connectivity index (χ2n) is 4.13. The summed E-state index contributed by atoms with van der Waals surface area (Å²) >= 11 is 13.8. The quantitative estimate of drug-likeness (QED) is 0.813. The van der Waals surface area contributed by atoms with Crippen LogP contribution in [0.3, 0.4) is 0 Å². The minimum absolute atomic E-state index is 0.461. The monoisotopic (exact) mass is 300 g/mol. The first kappa shape index (κ1) is 13.9. The molecule has 18 heavy (non-hydrogen) atoms. The topological polar surface area (TPSA) is 20.2 Å². The molecule has 0 amide bonds. The van der Waals surface area contributed by atoms with Crippen molar-refractivity contribution in [3.05, 3.63) is 56.2 Å². The number of aliphatic hydroxyl groups is 1. The largest absolute Gasteiger partial charge is 0.388 e. The van der Waals surface area contributed by atoms with E-state index < -0.39 is 6.10 Å². The smallest absolute Gasteiger partial charge is 0.0805 e. The fourth-order valence-corrected chi connectivity index (χ4v) is 3.04. The van der Waals surface area contributed by atoms with Crippen molar-refractivity contribution >= 4 is 34.5 Å². The Balaban J connectivity index is 1.91. The zero-order valence-corrected chi connectivity index (χ0v) is 12.1. The van der Waals surface area contributed by atoms with E-state index in [2.05, 4.69) is 11.4 Å². The van der Waals surface area contributed by atoms with Crippen LogP contribution in [0.25, 0.3) is 0 Å². The summed E-state index contributed by atoms with van der Waals surface area (Å²) in [5, 5.41) is 13.1. The van der Waals surface area contributed by atoms with Gasteiger partial charge in [-0.3, -0.25) is 0 Å². The summed E-state index contributed by atoms with van der Waals surface area (Å²) in [6.45, 7) is 0. The molecule has 0 radical (unpaired) electrons. The molecule has 1 nitrogen and oxygen atoms in total. The average molecular weight is 301 g/mol. The van der Waals surface area contributed by atoms with E-state index in [1.807, 2.05) is 18.2 Å². The molecular weight excluding hydrogens is 287 g/mol. The van der Waals surface area contributed by atoms with Crippen molar-refractivity contribution in [2.45, 2.75) is 25.4 Å². The Bertz CT molecular complexity index is 497. The molecule has 0 aliphatic rings. The van der Waals surface area contributed by atoms with E-state index in [1.165, 1.54) is 4.88 Å². The zero-order valence-electron chi connectivity index (χ0n) is 9.77. The molecule has 0 saturated carbocycles. The number of halogens is 2. The molecule has 4 heteroatoms. The van der Waals surface area contributed by atoms with Crippen molar-refractivity contribution in [1.82, 2.24) is 0 Å². The van der Waals surface area contributed by atoms with Crippen molar-refractivity contribution in [3.63, 3.8) is 0 Å². The Morgan fingerprint density at radius 3 is 2.72 bits per heavy atom. The van der Waals surface area contributed by atoms with Gasteiger partial charge in [0, 0.05) is 10.4 Å². The molecule has 1 aromatic heterocycles. The lowest BCUT2D eigenvalue weighted by molar-refractivity contribution is 0.165. The second-order valence-corrected chi connectivity index (χ2v) is 5.95. The van der Waals surface area contributed by atoms with Gasteiger partial charge in [-0.25, -0.2) is 0 Å². The van der Waals surface area contributed by atoms with E-state index in [0.29, 0.717) is 16.5 Å². The van der Waals surface area contributed by atoms with Crippen LogP contribution in [-0.2, 0) is 6.42 Å². The first-order valence-corrected chi connectivity index (χ1v) is 7.46. The molecule has 0 saturated heterocycles. The number of thiophene rings is 1. The standard InChI is InChI=1S/C14H14Cl2OS/c15-12-7-2-6-11(14(12)16)13(17)8-1-4-10-5-3-9-18-10/h2-3,5-7,9,13,17H,1,4,8H2. The van der Waals surface area contributed by atoms with Crippen molar-refractivity contribution < 1.29 is 5.11 Å². The van der Waals surface area contributed by atoms with Crippen molar-refractivity contribution in [2.75, 3.05) is 0 Å². The van der Waals surface area contributed by atoms with E-state index in [-0.39, 0.29) is 0 Å². The molecule has 1 N–H and O–H groups in total. The van der Waals surface area contributed by atoms with Gasteiger partial charge in [0.05, 0.1) is 16.1 Å². The minimum atomic E-state index is -0.545. The first-order valence-electron chi connectivity index (χ1n) is 5.83. The van der Waals surface area contributed by atoms with Crippen LogP contribution in [0, 0.1) is 0 Å². The fourth-order valence-electron chi connectivity index (χ4n) is 1.86. The molecule has 1 atom stereocenters. The SMILES string of the molecule is OC(CCCc1cccs1)c1cccc(Cl)c1Cl. The molecule has 96 valence electrons. The van der Waals surface area contributed by atoms with Crippen LogP contribution in [0.15, 0.2) is 35.7 Å². The van der Waals surface area contributed by atoms with Crippen LogP contribution >= 0.6 is 34.5 Å². The van der Waals surface area contributed by atoms with Gasteiger partial charge < -0.3 is 5.11 Å². The second kappa shape index (κ2) is 6.58. The number of aliphatic hydroxyl groups excluding tert-OH is 1. The predicted molar refractivity (Wildman–Crippen MR) is 78.7 cm³/mol. The Kier molecular flexibility index (Phi) is 5.07. The average Bonchev–Trinajstić information content (AvgIpc) is 2.85. The number of rotatable bonds is 5. The third-order valence-electron chi connectivity index (χ3n) is 2.82. The van der Waals surface area contributed by atoms with Crippen molar-refractivity contribution in [3.8, 4) is 0 Å². The highest BCUT2D eigenvalue weighted by Gasteiger charge is 2.13. The molecule has 1 aromatic carbocycles. The van der Waals surface area contributed by atoms with Gasteiger partial charge in [-0.15, -0.1) is 11.3 Å². The van der Waals surface area contributed by atoms with Crippen molar-refractivity contribution in [1.29, 1.82) is 0 Å². The Hall–Kier alpha value is -0.540. The van der Waals surface area contributed by atoms with Gasteiger partial charge in [0.2, 0.25) is 0 Å². The summed E-state index contributed by atoms with van der Waals surface area (Å²) in [6.07, 6.45) is 2.08. The summed E-state index contributed by atoms with van der Waals surface area (Å²) in [5.41, 5.74) is 0.718. The van der Waals surface area contributed by atoms with Gasteiger partial charge in [-0.05, 0) is 36.8 Å². The van der Waals surface area contributed by atoms with Crippen LogP contribution in [0.4, 0.5) is 0 Å². The molecule has 0 bridgehead atoms. The highest BCUT2D eigenvalue weighted by Crippen LogP contribution is 2.32. The molecule has 1 unspecified atom stereocenters. The summed E-state index contributed by atoms with van der Waals surface area (Å²) in [6, 6.07) is 9.52. The minimum Gasteiger partial charge on any atom is -0.388 e. The van der Waals surface area contributed by atoms with Crippen LogP contribution in [-0.4, -0.2) is 5.11 Å². The molecule has 2 rings (SSSR count). The maximum absolute atomic E-state index is 10.1. The molecule has 1 heterocycles. The van der Waals surface area contributed by atoms with E-state index in [0.717, 1.165) is 18.4 Å². The van der Waals surface area contributed by atoms with Crippen LogP contribution in [0.1, 0.15) is 29.4 Å². The molecule has 0 spiro atoms. The molecule has 0 aliphatic carbocycles. The first-order chi connectivity index (χ1) is 8.68. The maximum atomic E-state index is 10.1. The highest BCUT2D eigenvalue weighted by atomic mass is 35.5. The van der Waals surface area contributed by atoms with E-state index in [1.54, 1.807) is 17.4 Å². The van der Waals surface area contributed by atoms with E-state index >= 15 is 0 Å².